The lowest BCUT2D eigenvalue weighted by atomic mass is 9.80. The molecule has 0 spiro atoms. The standard InChI is InChI=1S/C16H22N2O5/c1-11(17-13(19)12-7-6-10-23-12)14(20)18(2)16(15(21)22)8-4-3-5-9-16/h6-7,10-11H,3-5,8-9H2,1-2H3,(H,17,19)(H,21,22). The molecule has 0 aromatic carbocycles. The minimum Gasteiger partial charge on any atom is -0.479 e. The fraction of sp³-hybridized carbons (Fsp3) is 0.562. The molecule has 1 aromatic rings. The number of hydrogen-bond donors (Lipinski definition) is 2. The van der Waals surface area contributed by atoms with E-state index in [9.17, 15) is 19.5 Å². The molecule has 1 saturated carbocycles. The second-order valence-corrected chi connectivity index (χ2v) is 5.97. The quantitative estimate of drug-likeness (QED) is 0.858. The molecular formula is C16H22N2O5. The van der Waals surface area contributed by atoms with Crippen molar-refractivity contribution in [3.05, 3.63) is 24.2 Å². The molecule has 2 N–H and O–H groups in total. The number of carbonyl (C=O) groups is 3. The Morgan fingerprint density at radius 3 is 2.48 bits per heavy atom. The molecule has 0 radical (unpaired) electrons. The van der Waals surface area contributed by atoms with Gasteiger partial charge in [-0.2, -0.15) is 0 Å². The van der Waals surface area contributed by atoms with Gasteiger partial charge in [0, 0.05) is 7.05 Å². The summed E-state index contributed by atoms with van der Waals surface area (Å²) in [6.07, 6.45) is 4.76. The Labute approximate surface area is 134 Å². The summed E-state index contributed by atoms with van der Waals surface area (Å²) in [6, 6.07) is 2.24. The van der Waals surface area contributed by atoms with Crippen molar-refractivity contribution in [3.63, 3.8) is 0 Å². The summed E-state index contributed by atoms with van der Waals surface area (Å²) in [5, 5.41) is 12.2. The zero-order valence-electron chi connectivity index (χ0n) is 13.4. The van der Waals surface area contributed by atoms with Crippen LogP contribution in [0.15, 0.2) is 22.8 Å². The number of rotatable bonds is 5. The van der Waals surface area contributed by atoms with Gasteiger partial charge in [-0.1, -0.05) is 19.3 Å². The van der Waals surface area contributed by atoms with Gasteiger partial charge in [0.2, 0.25) is 5.91 Å². The zero-order valence-corrected chi connectivity index (χ0v) is 13.4. The van der Waals surface area contributed by atoms with Crippen molar-refractivity contribution in [2.75, 3.05) is 7.05 Å². The Morgan fingerprint density at radius 2 is 1.96 bits per heavy atom. The summed E-state index contributed by atoms with van der Waals surface area (Å²) >= 11 is 0. The lowest BCUT2D eigenvalue weighted by Gasteiger charge is -2.41. The second-order valence-electron chi connectivity index (χ2n) is 5.97. The number of aliphatic carboxylic acids is 1. The van der Waals surface area contributed by atoms with Crippen molar-refractivity contribution >= 4 is 17.8 Å². The van der Waals surface area contributed by atoms with E-state index in [2.05, 4.69) is 5.32 Å². The Bertz CT molecular complexity index is 575. The molecule has 1 heterocycles. The maximum absolute atomic E-state index is 12.6. The van der Waals surface area contributed by atoms with Crippen LogP contribution in [0.1, 0.15) is 49.6 Å². The largest absolute Gasteiger partial charge is 0.479 e. The molecule has 126 valence electrons. The first-order valence-electron chi connectivity index (χ1n) is 7.74. The summed E-state index contributed by atoms with van der Waals surface area (Å²) in [6.45, 7) is 1.54. The summed E-state index contributed by atoms with van der Waals surface area (Å²) < 4.78 is 4.98. The fourth-order valence-corrected chi connectivity index (χ4v) is 3.07. The summed E-state index contributed by atoms with van der Waals surface area (Å²) in [7, 11) is 1.50. The third-order valence-corrected chi connectivity index (χ3v) is 4.51. The van der Waals surface area contributed by atoms with Gasteiger partial charge in [0.1, 0.15) is 11.6 Å². The predicted octanol–water partition coefficient (Wildman–Crippen LogP) is 1.64. The lowest BCUT2D eigenvalue weighted by molar-refractivity contribution is -0.160. The third kappa shape index (κ3) is 3.38. The summed E-state index contributed by atoms with van der Waals surface area (Å²) in [4.78, 5) is 37.6. The molecule has 1 aliphatic carbocycles. The molecule has 0 bridgehead atoms. The van der Waals surface area contributed by atoms with Gasteiger partial charge in [0.25, 0.3) is 5.91 Å². The molecule has 2 rings (SSSR count). The van der Waals surface area contributed by atoms with Crippen molar-refractivity contribution in [1.29, 1.82) is 0 Å². The molecule has 1 fully saturated rings. The molecule has 7 nitrogen and oxygen atoms in total. The van der Waals surface area contributed by atoms with Crippen LogP contribution in [0.25, 0.3) is 0 Å². The van der Waals surface area contributed by atoms with Gasteiger partial charge in [-0.05, 0) is 31.9 Å². The van der Waals surface area contributed by atoms with Crippen molar-refractivity contribution in [1.82, 2.24) is 10.2 Å². The SMILES string of the molecule is CC(NC(=O)c1ccco1)C(=O)N(C)C1(C(=O)O)CCCCC1. The Morgan fingerprint density at radius 1 is 1.30 bits per heavy atom. The number of carboxylic acids is 1. The van der Waals surface area contributed by atoms with E-state index < -0.39 is 29.4 Å². The van der Waals surface area contributed by atoms with E-state index in [-0.39, 0.29) is 5.76 Å². The number of nitrogens with zero attached hydrogens (tertiary/aromatic N) is 1. The highest BCUT2D eigenvalue weighted by Crippen LogP contribution is 2.33. The highest BCUT2D eigenvalue weighted by molar-refractivity contribution is 5.96. The van der Waals surface area contributed by atoms with Crippen LogP contribution in [0, 0.1) is 0 Å². The molecule has 0 aliphatic heterocycles. The van der Waals surface area contributed by atoms with Gasteiger partial charge in [-0.25, -0.2) is 4.79 Å². The lowest BCUT2D eigenvalue weighted by Crippen LogP contribution is -2.60. The minimum absolute atomic E-state index is 0.109. The first-order chi connectivity index (χ1) is 10.9. The highest BCUT2D eigenvalue weighted by Gasteiger charge is 2.46. The number of amides is 2. The van der Waals surface area contributed by atoms with Gasteiger partial charge >= 0.3 is 5.97 Å². The first kappa shape index (κ1) is 17.1. The van der Waals surface area contributed by atoms with Crippen LogP contribution in [0.2, 0.25) is 0 Å². The van der Waals surface area contributed by atoms with Crippen LogP contribution in [-0.2, 0) is 9.59 Å². The van der Waals surface area contributed by atoms with E-state index in [4.69, 9.17) is 4.42 Å². The van der Waals surface area contributed by atoms with Crippen molar-refractivity contribution in [2.24, 2.45) is 0 Å². The van der Waals surface area contributed by atoms with E-state index >= 15 is 0 Å². The van der Waals surface area contributed by atoms with Crippen molar-refractivity contribution in [2.45, 2.75) is 50.6 Å². The predicted molar refractivity (Wildman–Crippen MR) is 81.9 cm³/mol. The maximum Gasteiger partial charge on any atom is 0.329 e. The second kappa shape index (κ2) is 6.85. The minimum atomic E-state index is -1.18. The number of likely N-dealkylation sites (N-methyl/N-ethyl adjacent to an activating group) is 1. The summed E-state index contributed by atoms with van der Waals surface area (Å²) in [5.41, 5.74) is -1.18. The Kier molecular flexibility index (Phi) is 5.08. The van der Waals surface area contributed by atoms with Gasteiger partial charge in [-0.3, -0.25) is 9.59 Å². The van der Waals surface area contributed by atoms with Crippen LogP contribution < -0.4 is 5.32 Å². The normalized spacial score (nSPS) is 18.0. The fourth-order valence-electron chi connectivity index (χ4n) is 3.07. The highest BCUT2D eigenvalue weighted by atomic mass is 16.4. The Hall–Kier alpha value is -2.31. The van der Waals surface area contributed by atoms with E-state index in [0.29, 0.717) is 12.8 Å². The average Bonchev–Trinajstić information content (AvgIpc) is 3.08. The van der Waals surface area contributed by atoms with Crippen LogP contribution in [0.3, 0.4) is 0 Å². The van der Waals surface area contributed by atoms with Crippen LogP contribution >= 0.6 is 0 Å². The molecule has 1 aliphatic rings. The van der Waals surface area contributed by atoms with Crippen molar-refractivity contribution < 1.29 is 23.9 Å². The van der Waals surface area contributed by atoms with Gasteiger partial charge in [-0.15, -0.1) is 0 Å². The third-order valence-electron chi connectivity index (χ3n) is 4.51. The number of carboxylic acid groups (broad SMARTS) is 1. The van der Waals surface area contributed by atoms with Gasteiger partial charge < -0.3 is 19.7 Å². The number of carbonyl (C=O) groups excluding carboxylic acids is 2. The topological polar surface area (TPSA) is 99.9 Å². The van der Waals surface area contributed by atoms with Crippen molar-refractivity contribution in [3.8, 4) is 0 Å². The van der Waals surface area contributed by atoms with Gasteiger partial charge in [0.15, 0.2) is 5.76 Å². The molecule has 7 heteroatoms. The molecule has 1 aromatic heterocycles. The zero-order chi connectivity index (χ0) is 17.0. The van der Waals surface area contributed by atoms with E-state index in [1.54, 1.807) is 6.07 Å². The molecule has 1 unspecified atom stereocenters. The molecule has 1 atom stereocenters. The molecule has 23 heavy (non-hydrogen) atoms. The van der Waals surface area contributed by atoms with Gasteiger partial charge in [0.05, 0.1) is 6.26 Å². The number of nitrogens with one attached hydrogen (secondary N) is 1. The molecule has 0 saturated heterocycles. The first-order valence-corrected chi connectivity index (χ1v) is 7.74. The molecule has 2 amide bonds. The average molecular weight is 322 g/mol. The van der Waals surface area contributed by atoms with Crippen LogP contribution in [-0.4, -0.2) is 46.4 Å². The monoisotopic (exact) mass is 322 g/mol. The summed E-state index contributed by atoms with van der Waals surface area (Å²) in [5.74, 6) is -1.80. The van der Waals surface area contributed by atoms with E-state index in [1.807, 2.05) is 0 Å². The van der Waals surface area contributed by atoms with Crippen LogP contribution in [0.4, 0.5) is 0 Å². The maximum atomic E-state index is 12.6. The van der Waals surface area contributed by atoms with Crippen LogP contribution in [0.5, 0.6) is 0 Å². The number of hydrogen-bond acceptors (Lipinski definition) is 4. The smallest absolute Gasteiger partial charge is 0.329 e. The van der Waals surface area contributed by atoms with E-state index in [0.717, 1.165) is 19.3 Å². The Balaban J connectivity index is 2.08. The number of furan rings is 1. The molecular weight excluding hydrogens is 300 g/mol. The van der Waals surface area contributed by atoms with E-state index in [1.165, 1.54) is 31.2 Å².